The fraction of sp³-hybridized carbons (Fsp3) is 0.611. The minimum Gasteiger partial charge on any atom is -0.494 e. The molecule has 2 N–H and O–H groups in total. The number of rotatable bonds is 6. The molecule has 5 heteroatoms. The van der Waals surface area contributed by atoms with Crippen LogP contribution in [0.2, 0.25) is 0 Å². The van der Waals surface area contributed by atoms with Crippen molar-refractivity contribution in [3.63, 3.8) is 0 Å². The summed E-state index contributed by atoms with van der Waals surface area (Å²) >= 11 is 0. The Morgan fingerprint density at radius 3 is 2.48 bits per heavy atom. The molecule has 0 saturated carbocycles. The topological polar surface area (TPSA) is 53.6 Å². The first-order chi connectivity index (χ1) is 11.1. The van der Waals surface area contributed by atoms with Crippen LogP contribution < -0.4 is 15.4 Å². The van der Waals surface area contributed by atoms with E-state index in [1.807, 2.05) is 31.2 Å². The molecule has 128 valence electrons. The lowest BCUT2D eigenvalue weighted by Crippen LogP contribution is -2.47. The molecule has 2 rings (SSSR count). The van der Waals surface area contributed by atoms with E-state index in [4.69, 9.17) is 4.74 Å². The van der Waals surface area contributed by atoms with Crippen LogP contribution in [0.4, 0.5) is 10.5 Å². The van der Waals surface area contributed by atoms with Crippen molar-refractivity contribution in [2.24, 2.45) is 0 Å². The lowest BCUT2D eigenvalue weighted by molar-refractivity contribution is 0.105. The molecular weight excluding hydrogens is 290 g/mol. The van der Waals surface area contributed by atoms with Crippen molar-refractivity contribution in [2.75, 3.05) is 25.0 Å². The fourth-order valence-corrected chi connectivity index (χ4v) is 3.19. The minimum atomic E-state index is -0.161. The van der Waals surface area contributed by atoms with Gasteiger partial charge in [0.15, 0.2) is 0 Å². The summed E-state index contributed by atoms with van der Waals surface area (Å²) in [7, 11) is 0. The number of hydrogen-bond donors (Lipinski definition) is 2. The van der Waals surface area contributed by atoms with Crippen molar-refractivity contribution in [3.05, 3.63) is 24.3 Å². The van der Waals surface area contributed by atoms with Crippen LogP contribution >= 0.6 is 0 Å². The molecule has 1 aliphatic rings. The Kier molecular flexibility index (Phi) is 6.71. The van der Waals surface area contributed by atoms with Crippen LogP contribution in [0, 0.1) is 0 Å². The second-order valence-electron chi connectivity index (χ2n) is 6.21. The Balaban J connectivity index is 1.72. The predicted octanol–water partition coefficient (Wildman–Crippen LogP) is 3.47. The van der Waals surface area contributed by atoms with Crippen molar-refractivity contribution < 1.29 is 9.53 Å². The molecule has 2 amide bonds. The van der Waals surface area contributed by atoms with Gasteiger partial charge in [-0.15, -0.1) is 0 Å². The number of anilines is 1. The van der Waals surface area contributed by atoms with Crippen LogP contribution in [0.5, 0.6) is 5.75 Å². The Bertz CT molecular complexity index is 480. The second-order valence-corrected chi connectivity index (χ2v) is 6.21. The van der Waals surface area contributed by atoms with Crippen molar-refractivity contribution >= 4 is 11.7 Å². The van der Waals surface area contributed by atoms with Crippen LogP contribution in [0.1, 0.15) is 40.0 Å². The quantitative estimate of drug-likeness (QED) is 0.844. The first-order valence-electron chi connectivity index (χ1n) is 8.63. The average molecular weight is 319 g/mol. The van der Waals surface area contributed by atoms with Crippen LogP contribution in [0.15, 0.2) is 24.3 Å². The Labute approximate surface area is 139 Å². The van der Waals surface area contributed by atoms with Gasteiger partial charge in [-0.2, -0.15) is 0 Å². The molecule has 5 nitrogen and oxygen atoms in total. The van der Waals surface area contributed by atoms with Crippen molar-refractivity contribution in [1.82, 2.24) is 10.2 Å². The van der Waals surface area contributed by atoms with Crippen LogP contribution in [-0.2, 0) is 0 Å². The summed E-state index contributed by atoms with van der Waals surface area (Å²) in [5.41, 5.74) is 0.769. The highest BCUT2D eigenvalue weighted by Gasteiger charge is 2.23. The number of nitrogens with one attached hydrogen (secondary N) is 2. The zero-order valence-electron chi connectivity index (χ0n) is 14.5. The molecule has 2 atom stereocenters. The molecule has 1 saturated heterocycles. The van der Waals surface area contributed by atoms with Crippen LogP contribution in [-0.4, -0.2) is 42.7 Å². The van der Waals surface area contributed by atoms with Gasteiger partial charge in [0.2, 0.25) is 0 Å². The van der Waals surface area contributed by atoms with E-state index in [9.17, 15) is 4.79 Å². The number of likely N-dealkylation sites (tertiary alicyclic amines) is 1. The van der Waals surface area contributed by atoms with Gasteiger partial charge in [0.1, 0.15) is 5.75 Å². The third-order valence-corrected chi connectivity index (χ3v) is 4.45. The largest absolute Gasteiger partial charge is 0.494 e. The Hall–Kier alpha value is -1.75. The Morgan fingerprint density at radius 2 is 1.87 bits per heavy atom. The van der Waals surface area contributed by atoms with E-state index in [1.165, 1.54) is 19.3 Å². The molecule has 1 aromatic carbocycles. The zero-order valence-corrected chi connectivity index (χ0v) is 14.5. The first-order valence-corrected chi connectivity index (χ1v) is 8.63. The van der Waals surface area contributed by atoms with Crippen LogP contribution in [0.3, 0.4) is 0 Å². The molecule has 0 radical (unpaired) electrons. The smallest absolute Gasteiger partial charge is 0.319 e. The molecule has 23 heavy (non-hydrogen) atoms. The summed E-state index contributed by atoms with van der Waals surface area (Å²) in [5, 5.41) is 5.78. The molecule has 0 spiro atoms. The maximum absolute atomic E-state index is 12.0. The molecule has 1 heterocycles. The highest BCUT2D eigenvalue weighted by molar-refractivity contribution is 5.89. The average Bonchev–Trinajstić information content (AvgIpc) is 2.52. The summed E-state index contributed by atoms with van der Waals surface area (Å²) in [6.45, 7) is 8.70. The summed E-state index contributed by atoms with van der Waals surface area (Å²) in [4.78, 5) is 14.4. The monoisotopic (exact) mass is 319 g/mol. The van der Waals surface area contributed by atoms with Gasteiger partial charge in [0.05, 0.1) is 6.61 Å². The molecule has 0 unspecified atom stereocenters. The number of ether oxygens (including phenoxy) is 1. The maximum atomic E-state index is 12.0. The molecule has 0 aliphatic carbocycles. The summed E-state index contributed by atoms with van der Waals surface area (Å²) < 4.78 is 5.38. The fourth-order valence-electron chi connectivity index (χ4n) is 3.19. The Morgan fingerprint density at radius 1 is 1.22 bits per heavy atom. The normalized spacial score (nSPS) is 21.7. The van der Waals surface area contributed by atoms with E-state index in [2.05, 4.69) is 29.4 Å². The van der Waals surface area contributed by atoms with Crippen molar-refractivity contribution in [1.29, 1.82) is 0 Å². The molecule has 0 bridgehead atoms. The number of hydrogen-bond acceptors (Lipinski definition) is 3. The van der Waals surface area contributed by atoms with Gasteiger partial charge in [-0.05, 0) is 57.9 Å². The highest BCUT2D eigenvalue weighted by Crippen LogP contribution is 2.21. The predicted molar refractivity (Wildman–Crippen MR) is 94.1 cm³/mol. The number of piperidine rings is 1. The van der Waals surface area contributed by atoms with Gasteiger partial charge in [-0.25, -0.2) is 4.79 Å². The van der Waals surface area contributed by atoms with Gasteiger partial charge in [-0.3, -0.25) is 4.90 Å². The van der Waals surface area contributed by atoms with Gasteiger partial charge in [0.25, 0.3) is 0 Å². The second kappa shape index (κ2) is 8.77. The van der Waals surface area contributed by atoms with Gasteiger partial charge in [-0.1, -0.05) is 6.42 Å². The minimum absolute atomic E-state index is 0.161. The van der Waals surface area contributed by atoms with E-state index in [0.717, 1.165) is 18.0 Å². The third-order valence-electron chi connectivity index (χ3n) is 4.45. The lowest BCUT2D eigenvalue weighted by Gasteiger charge is -2.39. The zero-order chi connectivity index (χ0) is 16.7. The lowest BCUT2D eigenvalue weighted by atomic mass is 9.98. The van der Waals surface area contributed by atoms with E-state index in [-0.39, 0.29) is 6.03 Å². The van der Waals surface area contributed by atoms with E-state index < -0.39 is 0 Å². The number of urea groups is 1. The van der Waals surface area contributed by atoms with Gasteiger partial charge < -0.3 is 15.4 Å². The van der Waals surface area contributed by atoms with Crippen LogP contribution in [0.25, 0.3) is 0 Å². The standard InChI is InChI=1S/C18H29N3O2/c1-4-23-17-10-8-16(9-11-17)20-18(22)19-12-13-21-14(2)6-5-7-15(21)3/h8-11,14-15H,4-7,12-13H2,1-3H3,(H2,19,20,22)/t14-,15-/m1/s1. The van der Waals surface area contributed by atoms with Crippen molar-refractivity contribution in [3.8, 4) is 5.75 Å². The third kappa shape index (κ3) is 5.43. The van der Waals surface area contributed by atoms with E-state index in [0.29, 0.717) is 25.2 Å². The molecular formula is C18H29N3O2. The number of benzene rings is 1. The van der Waals surface area contributed by atoms with Gasteiger partial charge in [0, 0.05) is 30.9 Å². The maximum Gasteiger partial charge on any atom is 0.319 e. The number of carbonyl (C=O) groups is 1. The number of amides is 2. The van der Waals surface area contributed by atoms with Crippen molar-refractivity contribution in [2.45, 2.75) is 52.1 Å². The summed E-state index contributed by atoms with van der Waals surface area (Å²) in [6, 6.07) is 8.46. The highest BCUT2D eigenvalue weighted by atomic mass is 16.5. The molecule has 1 aliphatic heterocycles. The van der Waals surface area contributed by atoms with E-state index >= 15 is 0 Å². The summed E-state index contributed by atoms with van der Waals surface area (Å²) in [6.07, 6.45) is 3.82. The SMILES string of the molecule is CCOc1ccc(NC(=O)NCCN2[C@H](C)CCC[C@H]2C)cc1. The number of nitrogens with zero attached hydrogens (tertiary/aromatic N) is 1. The summed E-state index contributed by atoms with van der Waals surface area (Å²) in [5.74, 6) is 0.812. The molecule has 1 fully saturated rings. The molecule has 1 aromatic rings. The van der Waals surface area contributed by atoms with E-state index in [1.54, 1.807) is 0 Å². The number of carbonyl (C=O) groups excluding carboxylic acids is 1. The molecule has 0 aromatic heterocycles. The first kappa shape index (κ1) is 17.6. The van der Waals surface area contributed by atoms with Gasteiger partial charge >= 0.3 is 6.03 Å².